The average molecular weight is 292 g/mol. The minimum Gasteiger partial charge on any atom is -0.480 e. The Morgan fingerprint density at radius 1 is 1.14 bits per heavy atom. The summed E-state index contributed by atoms with van der Waals surface area (Å²) in [5.41, 5.74) is 5.23. The van der Waals surface area contributed by atoms with Gasteiger partial charge in [0, 0.05) is 11.8 Å². The number of hydrogen-bond acceptors (Lipinski definition) is 4. The molecule has 2 aromatic rings. The molecule has 0 amide bonds. The topological polar surface area (TPSA) is 143 Å². The largest absolute Gasteiger partial charge is 0.480 e. The molecular weight excluding hydrogens is 280 g/mol. The number of aliphatic carboxylic acids is 1. The Hall–Kier alpha value is -2.87. The zero-order chi connectivity index (χ0) is 15.7. The third-order valence-corrected chi connectivity index (χ3v) is 3.11. The molecule has 21 heavy (non-hydrogen) atoms. The minimum atomic E-state index is -1.46. The fraction of sp³-hybridized carbons (Fsp3) is 0.154. The molecule has 2 rings (SSSR count). The molecule has 0 aliphatic heterocycles. The summed E-state index contributed by atoms with van der Waals surface area (Å²) in [5, 5.41) is 27.7. The van der Waals surface area contributed by atoms with Crippen LogP contribution in [-0.4, -0.2) is 44.0 Å². The maximum atomic E-state index is 11.4. The Morgan fingerprint density at radius 2 is 1.76 bits per heavy atom. The molecular formula is C13H12N2O6. The second-order valence-electron chi connectivity index (χ2n) is 4.42. The van der Waals surface area contributed by atoms with Crippen LogP contribution < -0.4 is 5.73 Å². The Bertz CT molecular complexity index is 748. The summed E-state index contributed by atoms with van der Waals surface area (Å²) in [7, 11) is 0. The molecule has 8 heteroatoms. The first kappa shape index (κ1) is 14.5. The van der Waals surface area contributed by atoms with Crippen molar-refractivity contribution >= 4 is 28.9 Å². The van der Waals surface area contributed by atoms with E-state index in [0.717, 1.165) is 0 Å². The number of fused-ring (bicyclic) bond motifs is 1. The van der Waals surface area contributed by atoms with E-state index in [1.54, 1.807) is 12.1 Å². The van der Waals surface area contributed by atoms with Gasteiger partial charge >= 0.3 is 18.0 Å². The molecule has 0 bridgehead atoms. The van der Waals surface area contributed by atoms with Crippen molar-refractivity contribution in [3.8, 4) is 0 Å². The molecule has 110 valence electrons. The Kier molecular flexibility index (Phi) is 3.64. The number of aromatic carboxylic acids is 1. The number of nitrogens with zero attached hydrogens (tertiary/aromatic N) is 1. The SMILES string of the molecule is NC(Cc1c(C(=O)O)n(C(=O)O)c2ccccc12)C(=O)O. The van der Waals surface area contributed by atoms with Gasteiger partial charge in [-0.3, -0.25) is 4.79 Å². The number of para-hydroxylation sites is 1. The first-order valence-electron chi connectivity index (χ1n) is 5.92. The highest BCUT2D eigenvalue weighted by atomic mass is 16.4. The fourth-order valence-corrected chi connectivity index (χ4v) is 2.24. The van der Waals surface area contributed by atoms with Gasteiger partial charge in [-0.05, 0) is 11.6 Å². The van der Waals surface area contributed by atoms with Gasteiger partial charge in [0.1, 0.15) is 11.7 Å². The van der Waals surface area contributed by atoms with Crippen LogP contribution in [0.4, 0.5) is 4.79 Å². The lowest BCUT2D eigenvalue weighted by molar-refractivity contribution is -0.138. The van der Waals surface area contributed by atoms with Gasteiger partial charge in [0.2, 0.25) is 0 Å². The molecule has 1 unspecified atom stereocenters. The van der Waals surface area contributed by atoms with Gasteiger partial charge in [0.15, 0.2) is 0 Å². The molecule has 1 heterocycles. The van der Waals surface area contributed by atoms with Gasteiger partial charge in [0.05, 0.1) is 5.52 Å². The van der Waals surface area contributed by atoms with Crippen LogP contribution in [0, 0.1) is 0 Å². The van der Waals surface area contributed by atoms with E-state index < -0.39 is 29.8 Å². The van der Waals surface area contributed by atoms with Gasteiger partial charge in [-0.2, -0.15) is 0 Å². The number of carboxylic acid groups (broad SMARTS) is 3. The van der Waals surface area contributed by atoms with E-state index in [2.05, 4.69) is 0 Å². The van der Waals surface area contributed by atoms with Crippen LogP contribution in [0.5, 0.6) is 0 Å². The molecule has 5 N–H and O–H groups in total. The molecule has 8 nitrogen and oxygen atoms in total. The summed E-state index contributed by atoms with van der Waals surface area (Å²) in [4.78, 5) is 33.6. The van der Waals surface area contributed by atoms with Crippen LogP contribution in [0.25, 0.3) is 10.9 Å². The van der Waals surface area contributed by atoms with E-state index in [4.69, 9.17) is 10.8 Å². The van der Waals surface area contributed by atoms with Gasteiger partial charge in [-0.1, -0.05) is 18.2 Å². The lowest BCUT2D eigenvalue weighted by Gasteiger charge is -2.07. The maximum absolute atomic E-state index is 11.4. The van der Waals surface area contributed by atoms with E-state index in [0.29, 0.717) is 9.95 Å². The normalized spacial score (nSPS) is 12.2. The molecule has 0 saturated heterocycles. The summed E-state index contributed by atoms with van der Waals surface area (Å²) < 4.78 is 0.627. The van der Waals surface area contributed by atoms with Crippen molar-refractivity contribution in [3.05, 3.63) is 35.5 Å². The second kappa shape index (κ2) is 5.25. The number of rotatable bonds is 4. The third kappa shape index (κ3) is 2.43. The number of hydrogen-bond donors (Lipinski definition) is 4. The molecule has 0 saturated carbocycles. The summed E-state index contributed by atoms with van der Waals surface area (Å²) in [5.74, 6) is -2.75. The minimum absolute atomic E-state index is 0.0930. The highest BCUT2D eigenvalue weighted by Gasteiger charge is 2.27. The van der Waals surface area contributed by atoms with Crippen LogP contribution in [0.2, 0.25) is 0 Å². The van der Waals surface area contributed by atoms with Gasteiger partial charge in [-0.25, -0.2) is 14.2 Å². The van der Waals surface area contributed by atoms with Crippen LogP contribution >= 0.6 is 0 Å². The Morgan fingerprint density at radius 3 is 2.29 bits per heavy atom. The highest BCUT2D eigenvalue weighted by Crippen LogP contribution is 2.27. The number of carboxylic acids is 2. The van der Waals surface area contributed by atoms with Crippen molar-refractivity contribution in [3.63, 3.8) is 0 Å². The molecule has 0 aliphatic carbocycles. The molecule has 0 spiro atoms. The van der Waals surface area contributed by atoms with Crippen molar-refractivity contribution in [1.29, 1.82) is 0 Å². The van der Waals surface area contributed by atoms with Crippen LogP contribution in [0.1, 0.15) is 16.1 Å². The fourth-order valence-electron chi connectivity index (χ4n) is 2.24. The van der Waals surface area contributed by atoms with Crippen LogP contribution in [0.3, 0.4) is 0 Å². The maximum Gasteiger partial charge on any atom is 0.416 e. The Labute approximate surface area is 118 Å². The summed E-state index contributed by atoms with van der Waals surface area (Å²) in [6.45, 7) is 0. The first-order chi connectivity index (χ1) is 9.84. The molecule has 1 atom stereocenters. The predicted molar refractivity (Wildman–Crippen MR) is 71.6 cm³/mol. The van der Waals surface area contributed by atoms with Crippen LogP contribution in [0.15, 0.2) is 24.3 Å². The standard InChI is InChI=1S/C13H12N2O6/c14-8(11(16)17)5-7-6-3-1-2-4-9(6)15(13(20)21)10(7)12(18)19/h1-4,8H,5,14H2,(H,16,17)(H,18,19)(H,20,21). The molecule has 0 radical (unpaired) electrons. The van der Waals surface area contributed by atoms with E-state index in [1.807, 2.05) is 0 Å². The molecule has 0 aliphatic rings. The summed E-state index contributed by atoms with van der Waals surface area (Å²) in [6, 6.07) is 4.83. The second-order valence-corrected chi connectivity index (χ2v) is 4.42. The number of nitrogens with two attached hydrogens (primary N) is 1. The van der Waals surface area contributed by atoms with Crippen molar-refractivity contribution < 1.29 is 29.7 Å². The van der Waals surface area contributed by atoms with E-state index >= 15 is 0 Å². The van der Waals surface area contributed by atoms with Gasteiger partial charge < -0.3 is 21.1 Å². The quantitative estimate of drug-likeness (QED) is 0.653. The van der Waals surface area contributed by atoms with Crippen molar-refractivity contribution in [2.24, 2.45) is 5.73 Å². The zero-order valence-corrected chi connectivity index (χ0v) is 10.7. The smallest absolute Gasteiger partial charge is 0.416 e. The van der Waals surface area contributed by atoms with E-state index in [1.165, 1.54) is 12.1 Å². The van der Waals surface area contributed by atoms with Crippen molar-refractivity contribution in [2.45, 2.75) is 12.5 Å². The average Bonchev–Trinajstić information content (AvgIpc) is 2.73. The Balaban J connectivity index is 2.78. The van der Waals surface area contributed by atoms with Gasteiger partial charge in [0.25, 0.3) is 0 Å². The lowest BCUT2D eigenvalue weighted by atomic mass is 10.0. The lowest BCUT2D eigenvalue weighted by Crippen LogP contribution is -2.33. The number of carbonyl (C=O) groups is 3. The molecule has 1 aromatic carbocycles. The number of aromatic nitrogens is 1. The highest BCUT2D eigenvalue weighted by molar-refractivity contribution is 6.03. The molecule has 0 fully saturated rings. The predicted octanol–water partition coefficient (Wildman–Crippen LogP) is 0.820. The van der Waals surface area contributed by atoms with Crippen molar-refractivity contribution in [2.75, 3.05) is 0 Å². The van der Waals surface area contributed by atoms with E-state index in [9.17, 15) is 24.6 Å². The van der Waals surface area contributed by atoms with Crippen molar-refractivity contribution in [1.82, 2.24) is 4.57 Å². The summed E-state index contributed by atoms with van der Waals surface area (Å²) in [6.07, 6.45) is -1.74. The zero-order valence-electron chi connectivity index (χ0n) is 10.7. The third-order valence-electron chi connectivity index (χ3n) is 3.11. The van der Waals surface area contributed by atoms with Gasteiger partial charge in [-0.15, -0.1) is 0 Å². The van der Waals surface area contributed by atoms with Crippen LogP contribution in [-0.2, 0) is 11.2 Å². The molecule has 1 aromatic heterocycles. The first-order valence-corrected chi connectivity index (χ1v) is 5.92. The summed E-state index contributed by atoms with van der Waals surface area (Å²) >= 11 is 0. The monoisotopic (exact) mass is 292 g/mol. The van der Waals surface area contributed by atoms with E-state index in [-0.39, 0.29) is 17.5 Å². The number of benzene rings is 1.